The highest BCUT2D eigenvalue weighted by molar-refractivity contribution is 6.30. The van der Waals surface area contributed by atoms with E-state index < -0.39 is 12.2 Å². The maximum atomic E-state index is 12.3. The van der Waals surface area contributed by atoms with Crippen molar-refractivity contribution >= 4 is 29.4 Å². The third kappa shape index (κ3) is 8.12. The highest BCUT2D eigenvalue weighted by Gasteiger charge is 2.39. The number of nitrogens with one attached hydrogen (secondary N) is 1. The Balaban J connectivity index is 1.34. The lowest BCUT2D eigenvalue weighted by Crippen LogP contribution is -2.58. The van der Waals surface area contributed by atoms with Crippen LogP contribution in [0.1, 0.15) is 53.6 Å². The van der Waals surface area contributed by atoms with Gasteiger partial charge in [-0.15, -0.1) is 0 Å². The Kier molecular flexibility index (Phi) is 10.4. The van der Waals surface area contributed by atoms with E-state index in [1.165, 1.54) is 16.5 Å². The summed E-state index contributed by atoms with van der Waals surface area (Å²) in [5.41, 5.74) is 2.43. The van der Waals surface area contributed by atoms with Crippen LogP contribution in [0, 0.1) is 6.92 Å². The van der Waals surface area contributed by atoms with E-state index in [9.17, 15) is 14.4 Å². The van der Waals surface area contributed by atoms with Gasteiger partial charge in [-0.25, -0.2) is 4.79 Å². The molecule has 1 unspecified atom stereocenters. The maximum Gasteiger partial charge on any atom is 0.338 e. The number of aryl methyl sites for hydroxylation is 2. The van der Waals surface area contributed by atoms with Gasteiger partial charge in [-0.2, -0.15) is 0 Å². The quantitative estimate of drug-likeness (QED) is 0.169. The Bertz CT molecular complexity index is 1070. The molecular weight excluding hydrogens is 480 g/mol. The molecule has 3 rings (SSSR count). The zero-order valence-corrected chi connectivity index (χ0v) is 21.4. The van der Waals surface area contributed by atoms with Gasteiger partial charge in [-0.05, 0) is 67.6 Å². The van der Waals surface area contributed by atoms with Gasteiger partial charge in [0.25, 0.3) is 0 Å². The molecule has 0 spiro atoms. The summed E-state index contributed by atoms with van der Waals surface area (Å²) in [5, 5.41) is 3.64. The third-order valence-electron chi connectivity index (χ3n) is 5.96. The van der Waals surface area contributed by atoms with Gasteiger partial charge >= 0.3 is 5.97 Å². The second-order valence-corrected chi connectivity index (χ2v) is 9.24. The minimum Gasteiger partial charge on any atom is -0.470 e. The molecule has 36 heavy (non-hydrogen) atoms. The van der Waals surface area contributed by atoms with Crippen molar-refractivity contribution in [2.75, 3.05) is 19.7 Å². The number of hydrogen-bond donors (Lipinski definition) is 1. The van der Waals surface area contributed by atoms with Crippen LogP contribution >= 0.6 is 11.6 Å². The number of β-lactam (4-membered cyclic amide) rings is 1. The summed E-state index contributed by atoms with van der Waals surface area (Å²) >= 11 is 5.91. The lowest BCUT2D eigenvalue weighted by Gasteiger charge is -2.39. The number of unbranched alkanes of at least 4 members (excludes halogenated alkanes) is 3. The Morgan fingerprint density at radius 2 is 1.89 bits per heavy atom. The first-order valence-corrected chi connectivity index (χ1v) is 12.6. The largest absolute Gasteiger partial charge is 0.470 e. The summed E-state index contributed by atoms with van der Waals surface area (Å²) in [4.78, 5) is 37.8. The molecule has 2 amide bonds. The number of esters is 1. The molecule has 0 radical (unpaired) electrons. The standard InChI is InChI=1S/C28H33ClN2O5/c1-3-16-35-28(34)22-11-14-24(20(2)17-22)36-27-18-26(33)31(27)19-25(32)30-15-7-5-4-6-8-21-9-12-23(29)13-10-21/h3,9-14,17,27H,1,4-8,15-16,18-19H2,2H3,(H,30,32). The van der Waals surface area contributed by atoms with E-state index in [2.05, 4.69) is 24.0 Å². The summed E-state index contributed by atoms with van der Waals surface area (Å²) in [6, 6.07) is 12.9. The van der Waals surface area contributed by atoms with Gasteiger partial charge in [-0.1, -0.05) is 49.2 Å². The van der Waals surface area contributed by atoms with Gasteiger partial charge in [0.2, 0.25) is 11.8 Å². The van der Waals surface area contributed by atoms with Gasteiger partial charge in [-0.3, -0.25) is 14.5 Å². The Morgan fingerprint density at radius 1 is 1.14 bits per heavy atom. The minimum absolute atomic E-state index is 0.0366. The molecule has 2 aromatic carbocycles. The van der Waals surface area contributed by atoms with Crippen molar-refractivity contribution in [1.82, 2.24) is 10.2 Å². The normalized spacial score (nSPS) is 14.7. The monoisotopic (exact) mass is 512 g/mol. The number of ether oxygens (including phenoxy) is 2. The average Bonchev–Trinajstić information content (AvgIpc) is 2.87. The molecule has 0 saturated carbocycles. The summed E-state index contributed by atoms with van der Waals surface area (Å²) in [6.07, 6.45) is 6.32. The van der Waals surface area contributed by atoms with Gasteiger partial charge in [0, 0.05) is 11.6 Å². The highest BCUT2D eigenvalue weighted by atomic mass is 35.5. The number of amides is 2. The predicted octanol–water partition coefficient (Wildman–Crippen LogP) is 4.85. The second kappa shape index (κ2) is 13.7. The molecule has 2 aromatic rings. The van der Waals surface area contributed by atoms with Crippen molar-refractivity contribution in [1.29, 1.82) is 0 Å². The number of carbonyl (C=O) groups is 3. The minimum atomic E-state index is -0.506. The van der Waals surface area contributed by atoms with Crippen molar-refractivity contribution in [2.24, 2.45) is 0 Å². The van der Waals surface area contributed by atoms with Crippen LogP contribution in [0.4, 0.5) is 0 Å². The van der Waals surface area contributed by atoms with Crippen LogP contribution in [-0.4, -0.2) is 48.6 Å². The Hall–Kier alpha value is -3.32. The maximum absolute atomic E-state index is 12.3. The zero-order chi connectivity index (χ0) is 25.9. The van der Waals surface area contributed by atoms with Crippen molar-refractivity contribution in [3.8, 4) is 5.75 Å². The number of halogens is 1. The number of benzene rings is 2. The van der Waals surface area contributed by atoms with Crippen LogP contribution in [0.25, 0.3) is 0 Å². The third-order valence-corrected chi connectivity index (χ3v) is 6.22. The molecular formula is C28H33ClN2O5. The fourth-order valence-corrected chi connectivity index (χ4v) is 4.02. The van der Waals surface area contributed by atoms with Crippen molar-refractivity contribution < 1.29 is 23.9 Å². The molecule has 8 heteroatoms. The first-order valence-electron chi connectivity index (χ1n) is 12.2. The fraction of sp³-hybridized carbons (Fsp3) is 0.393. The molecule has 1 fully saturated rings. The van der Waals surface area contributed by atoms with Gasteiger partial charge in [0.15, 0.2) is 6.23 Å². The number of nitrogens with zero attached hydrogens (tertiary/aromatic N) is 1. The molecule has 0 bridgehead atoms. The Morgan fingerprint density at radius 3 is 2.58 bits per heavy atom. The molecule has 1 atom stereocenters. The van der Waals surface area contributed by atoms with E-state index in [0.29, 0.717) is 17.9 Å². The summed E-state index contributed by atoms with van der Waals surface area (Å²) in [7, 11) is 0. The van der Waals surface area contributed by atoms with Crippen LogP contribution in [0.2, 0.25) is 5.02 Å². The molecule has 1 N–H and O–H groups in total. The molecule has 1 heterocycles. The van der Waals surface area contributed by atoms with Gasteiger partial charge in [0.05, 0.1) is 12.0 Å². The van der Waals surface area contributed by atoms with Crippen LogP contribution in [0.5, 0.6) is 5.75 Å². The molecule has 192 valence electrons. The fourth-order valence-electron chi connectivity index (χ4n) is 3.89. The lowest BCUT2D eigenvalue weighted by molar-refractivity contribution is -0.163. The summed E-state index contributed by atoms with van der Waals surface area (Å²) in [6.45, 7) is 6.02. The summed E-state index contributed by atoms with van der Waals surface area (Å²) < 4.78 is 11.0. The van der Waals surface area contributed by atoms with E-state index in [1.807, 2.05) is 19.1 Å². The molecule has 0 aromatic heterocycles. The van der Waals surface area contributed by atoms with E-state index in [0.717, 1.165) is 42.7 Å². The van der Waals surface area contributed by atoms with Crippen molar-refractivity contribution in [3.05, 3.63) is 76.8 Å². The Labute approximate surface area is 217 Å². The number of rotatable bonds is 14. The van der Waals surface area contributed by atoms with Crippen LogP contribution < -0.4 is 10.1 Å². The first-order chi connectivity index (χ1) is 17.4. The van der Waals surface area contributed by atoms with E-state index in [-0.39, 0.29) is 31.4 Å². The first kappa shape index (κ1) is 27.3. The van der Waals surface area contributed by atoms with Crippen LogP contribution in [-0.2, 0) is 20.7 Å². The van der Waals surface area contributed by atoms with Gasteiger partial charge in [0.1, 0.15) is 18.9 Å². The van der Waals surface area contributed by atoms with Crippen molar-refractivity contribution in [3.63, 3.8) is 0 Å². The molecule has 1 aliphatic heterocycles. The predicted molar refractivity (Wildman–Crippen MR) is 139 cm³/mol. The highest BCUT2D eigenvalue weighted by Crippen LogP contribution is 2.27. The second-order valence-electron chi connectivity index (χ2n) is 8.81. The molecule has 0 aliphatic carbocycles. The molecule has 1 saturated heterocycles. The average molecular weight is 513 g/mol. The number of likely N-dealkylation sites (tertiary alicyclic amines) is 1. The van der Waals surface area contributed by atoms with Crippen LogP contribution in [0.3, 0.4) is 0 Å². The smallest absolute Gasteiger partial charge is 0.338 e. The SMILES string of the molecule is C=CCOC(=O)c1ccc(OC2CC(=O)N2CC(=O)NCCCCCCc2ccc(Cl)cc2)c(C)c1. The van der Waals surface area contributed by atoms with E-state index >= 15 is 0 Å². The van der Waals surface area contributed by atoms with Crippen LogP contribution in [0.15, 0.2) is 55.1 Å². The number of carbonyl (C=O) groups excluding carboxylic acids is 3. The zero-order valence-electron chi connectivity index (χ0n) is 20.6. The molecule has 7 nitrogen and oxygen atoms in total. The summed E-state index contributed by atoms with van der Waals surface area (Å²) in [5.74, 6) is -0.213. The topological polar surface area (TPSA) is 84.9 Å². The number of hydrogen-bond acceptors (Lipinski definition) is 5. The van der Waals surface area contributed by atoms with E-state index in [4.69, 9.17) is 21.1 Å². The molecule has 1 aliphatic rings. The van der Waals surface area contributed by atoms with E-state index in [1.54, 1.807) is 18.2 Å². The van der Waals surface area contributed by atoms with Gasteiger partial charge < -0.3 is 14.8 Å². The lowest BCUT2D eigenvalue weighted by atomic mass is 10.1. The van der Waals surface area contributed by atoms with Crippen molar-refractivity contribution in [2.45, 2.75) is 51.7 Å².